The summed E-state index contributed by atoms with van der Waals surface area (Å²) < 4.78 is 2.73. The van der Waals surface area contributed by atoms with Crippen molar-refractivity contribution in [2.24, 2.45) is 0 Å². The summed E-state index contributed by atoms with van der Waals surface area (Å²) >= 11 is 3.33. The first-order chi connectivity index (χ1) is 4.75. The number of aromatic nitrogens is 2. The maximum absolute atomic E-state index is 5.54. The zero-order chi connectivity index (χ0) is 7.56. The van der Waals surface area contributed by atoms with Crippen molar-refractivity contribution in [2.45, 2.75) is 19.9 Å². The fourth-order valence-electron chi connectivity index (χ4n) is 0.753. The fourth-order valence-corrected chi connectivity index (χ4v) is 1.12. The van der Waals surface area contributed by atoms with Crippen molar-refractivity contribution in [2.75, 3.05) is 5.73 Å². The molecule has 1 aromatic rings. The largest absolute Gasteiger partial charge is 0.395 e. The molecular weight excluding hydrogens is 194 g/mol. The van der Waals surface area contributed by atoms with E-state index in [1.54, 1.807) is 6.20 Å². The van der Waals surface area contributed by atoms with Crippen molar-refractivity contribution in [3.63, 3.8) is 0 Å². The van der Waals surface area contributed by atoms with E-state index in [2.05, 4.69) is 28.0 Å². The smallest absolute Gasteiger partial charge is 0.127 e. The normalized spacial score (nSPS) is 10.2. The van der Waals surface area contributed by atoms with Gasteiger partial charge in [-0.05, 0) is 22.4 Å². The van der Waals surface area contributed by atoms with Gasteiger partial charge in [-0.3, -0.25) is 4.68 Å². The first kappa shape index (κ1) is 7.60. The highest BCUT2D eigenvalue weighted by atomic mass is 79.9. The summed E-state index contributed by atoms with van der Waals surface area (Å²) in [5, 5.41) is 4.05. The van der Waals surface area contributed by atoms with Gasteiger partial charge < -0.3 is 5.73 Å². The lowest BCUT2D eigenvalue weighted by molar-refractivity contribution is 0.591. The number of rotatable bonds is 2. The predicted molar refractivity (Wildman–Crippen MR) is 44.6 cm³/mol. The molecule has 4 heteroatoms. The second-order valence-electron chi connectivity index (χ2n) is 2.11. The van der Waals surface area contributed by atoms with Gasteiger partial charge in [-0.1, -0.05) is 6.92 Å². The van der Waals surface area contributed by atoms with Gasteiger partial charge in [0.1, 0.15) is 4.60 Å². The molecule has 0 aliphatic heterocycles. The van der Waals surface area contributed by atoms with E-state index in [1.165, 1.54) is 0 Å². The van der Waals surface area contributed by atoms with Crippen molar-refractivity contribution < 1.29 is 0 Å². The second-order valence-corrected chi connectivity index (χ2v) is 2.87. The molecule has 0 aromatic carbocycles. The molecule has 0 aliphatic rings. The highest BCUT2D eigenvalue weighted by molar-refractivity contribution is 9.10. The summed E-state index contributed by atoms with van der Waals surface area (Å²) in [6.45, 7) is 3.02. The van der Waals surface area contributed by atoms with E-state index >= 15 is 0 Å². The van der Waals surface area contributed by atoms with Gasteiger partial charge in [0.2, 0.25) is 0 Å². The van der Waals surface area contributed by atoms with E-state index < -0.39 is 0 Å². The maximum Gasteiger partial charge on any atom is 0.127 e. The van der Waals surface area contributed by atoms with E-state index in [4.69, 9.17) is 5.73 Å². The van der Waals surface area contributed by atoms with Crippen LogP contribution in [0.1, 0.15) is 13.3 Å². The Hall–Kier alpha value is -0.510. The lowest BCUT2D eigenvalue weighted by Gasteiger charge is -1.98. The summed E-state index contributed by atoms with van der Waals surface area (Å²) in [6.07, 6.45) is 2.72. The van der Waals surface area contributed by atoms with Gasteiger partial charge in [0, 0.05) is 6.54 Å². The fraction of sp³-hybridized carbons (Fsp3) is 0.500. The molecule has 56 valence electrons. The van der Waals surface area contributed by atoms with E-state index in [0.29, 0.717) is 5.69 Å². The molecule has 2 N–H and O–H groups in total. The van der Waals surface area contributed by atoms with Crippen LogP contribution in [0, 0.1) is 0 Å². The van der Waals surface area contributed by atoms with Crippen LogP contribution in [0.25, 0.3) is 0 Å². The van der Waals surface area contributed by atoms with Crippen molar-refractivity contribution >= 4 is 21.6 Å². The molecule has 10 heavy (non-hydrogen) atoms. The molecule has 0 radical (unpaired) electrons. The lowest BCUT2D eigenvalue weighted by atomic mass is 10.5. The van der Waals surface area contributed by atoms with E-state index in [0.717, 1.165) is 17.6 Å². The summed E-state index contributed by atoms with van der Waals surface area (Å²) in [5.41, 5.74) is 6.24. The molecule has 0 saturated heterocycles. The highest BCUT2D eigenvalue weighted by Gasteiger charge is 2.01. The van der Waals surface area contributed by atoms with Crippen LogP contribution >= 0.6 is 15.9 Å². The first-order valence-electron chi connectivity index (χ1n) is 3.22. The molecule has 0 saturated carbocycles. The number of nitrogens with zero attached hydrogens (tertiary/aromatic N) is 2. The number of hydrogen-bond acceptors (Lipinski definition) is 2. The predicted octanol–water partition coefficient (Wildman–Crippen LogP) is 1.64. The Morgan fingerprint density at radius 1 is 1.80 bits per heavy atom. The van der Waals surface area contributed by atoms with Gasteiger partial charge in [0.15, 0.2) is 0 Å². The Balaban J connectivity index is 2.83. The van der Waals surface area contributed by atoms with Crippen LogP contribution in [-0.2, 0) is 6.54 Å². The Labute approximate surface area is 68.3 Å². The molecule has 0 unspecified atom stereocenters. The van der Waals surface area contributed by atoms with Gasteiger partial charge >= 0.3 is 0 Å². The number of hydrogen-bond donors (Lipinski definition) is 1. The molecule has 0 spiro atoms. The topological polar surface area (TPSA) is 43.8 Å². The van der Waals surface area contributed by atoms with Crippen LogP contribution in [0.15, 0.2) is 10.8 Å². The molecule has 0 bridgehead atoms. The third-order valence-electron chi connectivity index (χ3n) is 1.24. The van der Waals surface area contributed by atoms with Gasteiger partial charge in [-0.25, -0.2) is 0 Å². The van der Waals surface area contributed by atoms with Gasteiger partial charge in [0.05, 0.1) is 11.9 Å². The molecule has 1 rings (SSSR count). The third-order valence-corrected chi connectivity index (χ3v) is 2.10. The zero-order valence-electron chi connectivity index (χ0n) is 5.84. The molecular formula is C6H10BrN3. The quantitative estimate of drug-likeness (QED) is 0.795. The number of anilines is 1. The number of aryl methyl sites for hydroxylation is 1. The Morgan fingerprint density at radius 2 is 2.50 bits per heavy atom. The molecule has 1 heterocycles. The van der Waals surface area contributed by atoms with Crippen molar-refractivity contribution in [1.82, 2.24) is 9.78 Å². The standard InChI is InChI=1S/C6H10BrN3/c1-2-3-10-6(7)5(8)4-9-10/h4H,2-3,8H2,1H3. The molecule has 3 nitrogen and oxygen atoms in total. The summed E-state index contributed by atoms with van der Waals surface area (Å²) in [6, 6.07) is 0. The van der Waals surface area contributed by atoms with Gasteiger partial charge in [-0.2, -0.15) is 5.10 Å². The summed E-state index contributed by atoms with van der Waals surface area (Å²) in [5.74, 6) is 0. The van der Waals surface area contributed by atoms with E-state index in [-0.39, 0.29) is 0 Å². The van der Waals surface area contributed by atoms with Crippen LogP contribution in [0.3, 0.4) is 0 Å². The van der Waals surface area contributed by atoms with Crippen molar-refractivity contribution in [3.05, 3.63) is 10.8 Å². The molecule has 0 atom stereocenters. The Bertz CT molecular complexity index is 219. The summed E-state index contributed by atoms with van der Waals surface area (Å²) in [4.78, 5) is 0. The SMILES string of the molecule is CCCn1ncc(N)c1Br. The van der Waals surface area contributed by atoms with E-state index in [1.807, 2.05) is 4.68 Å². The van der Waals surface area contributed by atoms with Crippen LogP contribution in [0.5, 0.6) is 0 Å². The molecule has 0 aliphatic carbocycles. The van der Waals surface area contributed by atoms with Crippen LogP contribution < -0.4 is 5.73 Å². The monoisotopic (exact) mass is 203 g/mol. The van der Waals surface area contributed by atoms with E-state index in [9.17, 15) is 0 Å². The maximum atomic E-state index is 5.54. The average molecular weight is 204 g/mol. The van der Waals surface area contributed by atoms with Crippen LogP contribution in [0.2, 0.25) is 0 Å². The van der Waals surface area contributed by atoms with Crippen molar-refractivity contribution in [1.29, 1.82) is 0 Å². The first-order valence-corrected chi connectivity index (χ1v) is 4.01. The number of nitrogen functional groups attached to an aromatic ring is 1. The molecule has 0 amide bonds. The zero-order valence-corrected chi connectivity index (χ0v) is 7.43. The lowest BCUT2D eigenvalue weighted by Crippen LogP contribution is -1.98. The molecule has 1 aromatic heterocycles. The van der Waals surface area contributed by atoms with Crippen LogP contribution in [-0.4, -0.2) is 9.78 Å². The van der Waals surface area contributed by atoms with Crippen LogP contribution in [0.4, 0.5) is 5.69 Å². The number of halogens is 1. The average Bonchev–Trinajstić information content (AvgIpc) is 2.20. The Morgan fingerprint density at radius 3 is 2.90 bits per heavy atom. The second kappa shape index (κ2) is 3.05. The number of nitrogens with two attached hydrogens (primary N) is 1. The van der Waals surface area contributed by atoms with Gasteiger partial charge in [0.25, 0.3) is 0 Å². The highest BCUT2D eigenvalue weighted by Crippen LogP contribution is 2.17. The minimum Gasteiger partial charge on any atom is -0.395 e. The van der Waals surface area contributed by atoms with Crippen molar-refractivity contribution in [3.8, 4) is 0 Å². The Kier molecular flexibility index (Phi) is 2.32. The minimum absolute atomic E-state index is 0.702. The molecule has 0 fully saturated rings. The minimum atomic E-state index is 0.702. The third kappa shape index (κ3) is 1.31. The summed E-state index contributed by atoms with van der Waals surface area (Å²) in [7, 11) is 0. The van der Waals surface area contributed by atoms with Gasteiger partial charge in [-0.15, -0.1) is 0 Å².